The van der Waals surface area contributed by atoms with Crippen molar-refractivity contribution >= 4 is 34.4 Å². The molecule has 0 spiro atoms. The highest BCUT2D eigenvalue weighted by Gasteiger charge is 2.16. The van der Waals surface area contributed by atoms with Crippen molar-refractivity contribution in [2.45, 2.75) is 25.9 Å². The smallest absolute Gasteiger partial charge is 0.278 e. The lowest BCUT2D eigenvalue weighted by molar-refractivity contribution is -0.113. The molecule has 0 aliphatic rings. The third-order valence-electron chi connectivity index (χ3n) is 5.22. The minimum Gasteiger partial charge on any atom is -0.355 e. The van der Waals surface area contributed by atoms with E-state index in [-0.39, 0.29) is 17.2 Å². The summed E-state index contributed by atoms with van der Waals surface area (Å²) in [7, 11) is 1.67. The first-order valence-electron chi connectivity index (χ1n) is 9.99. The number of fused-ring (bicyclic) bond motifs is 1. The molecule has 2 aromatic carbocycles. The Labute approximate surface area is 184 Å². The molecule has 0 aliphatic carbocycles. The number of nitrogens with zero attached hydrogens (tertiary/aromatic N) is 2. The van der Waals surface area contributed by atoms with Gasteiger partial charge < -0.3 is 10.3 Å². The van der Waals surface area contributed by atoms with E-state index in [1.54, 1.807) is 13.2 Å². The second-order valence-electron chi connectivity index (χ2n) is 7.66. The molecule has 4 rings (SSSR count). The number of amides is 1. The van der Waals surface area contributed by atoms with Gasteiger partial charge in [-0.15, -0.1) is 0 Å². The SMILES string of the molecule is Cc1cc(C)c(NC(=O)CSc2nc3c(-c4ccccc4)c[nH]c3c(=O)n2C)c(C)c1. The van der Waals surface area contributed by atoms with Gasteiger partial charge in [-0.25, -0.2) is 4.98 Å². The normalized spacial score (nSPS) is 11.1. The van der Waals surface area contributed by atoms with Gasteiger partial charge in [-0.2, -0.15) is 0 Å². The van der Waals surface area contributed by atoms with Crippen molar-refractivity contribution in [3.63, 3.8) is 0 Å². The second kappa shape index (κ2) is 8.43. The van der Waals surface area contributed by atoms with Crippen molar-refractivity contribution < 1.29 is 4.79 Å². The third-order valence-corrected chi connectivity index (χ3v) is 6.25. The maximum Gasteiger partial charge on any atom is 0.278 e. The van der Waals surface area contributed by atoms with E-state index in [0.717, 1.165) is 33.5 Å². The molecule has 2 aromatic heterocycles. The highest BCUT2D eigenvalue weighted by molar-refractivity contribution is 7.99. The molecule has 2 heterocycles. The Hall–Kier alpha value is -3.32. The Kier molecular flexibility index (Phi) is 5.69. The number of thioether (sulfide) groups is 1. The van der Waals surface area contributed by atoms with Gasteiger partial charge in [-0.3, -0.25) is 14.2 Å². The van der Waals surface area contributed by atoms with Crippen LogP contribution in [-0.2, 0) is 11.8 Å². The maximum absolute atomic E-state index is 12.8. The average molecular weight is 433 g/mol. The van der Waals surface area contributed by atoms with Gasteiger partial charge in [0.15, 0.2) is 5.16 Å². The Morgan fingerprint density at radius 2 is 1.81 bits per heavy atom. The van der Waals surface area contributed by atoms with E-state index in [1.807, 2.05) is 63.2 Å². The molecule has 6 nitrogen and oxygen atoms in total. The Morgan fingerprint density at radius 3 is 2.48 bits per heavy atom. The van der Waals surface area contributed by atoms with Crippen LogP contribution in [0.4, 0.5) is 5.69 Å². The lowest BCUT2D eigenvalue weighted by atomic mass is 10.1. The average Bonchev–Trinajstić information content (AvgIpc) is 3.17. The third kappa shape index (κ3) is 4.14. The standard InChI is InChI=1S/C24H24N4O2S/c1-14-10-15(2)20(16(3)11-14)26-19(29)13-31-24-27-21-18(17-8-6-5-7-9-17)12-25-22(21)23(30)28(24)4/h5-12,25H,13H2,1-4H3,(H,26,29). The van der Waals surface area contributed by atoms with Gasteiger partial charge in [0.25, 0.3) is 5.56 Å². The van der Waals surface area contributed by atoms with Crippen LogP contribution in [0.3, 0.4) is 0 Å². The summed E-state index contributed by atoms with van der Waals surface area (Å²) in [6, 6.07) is 13.9. The monoisotopic (exact) mass is 432 g/mol. The number of rotatable bonds is 5. The van der Waals surface area contributed by atoms with Gasteiger partial charge in [0, 0.05) is 24.5 Å². The summed E-state index contributed by atoms with van der Waals surface area (Å²) in [4.78, 5) is 33.2. The topological polar surface area (TPSA) is 79.8 Å². The van der Waals surface area contributed by atoms with Gasteiger partial charge in [-0.05, 0) is 37.5 Å². The first-order chi connectivity index (χ1) is 14.8. The number of aromatic amines is 1. The number of anilines is 1. The van der Waals surface area contributed by atoms with Crippen LogP contribution < -0.4 is 10.9 Å². The molecule has 0 unspecified atom stereocenters. The van der Waals surface area contributed by atoms with Crippen molar-refractivity contribution in [1.82, 2.24) is 14.5 Å². The summed E-state index contributed by atoms with van der Waals surface area (Å²) in [5.74, 6) is 0.0237. The predicted octanol–water partition coefficient (Wildman–Crippen LogP) is 4.58. The van der Waals surface area contributed by atoms with Crippen molar-refractivity contribution in [1.29, 1.82) is 0 Å². The number of aromatic nitrogens is 3. The Bertz CT molecular complexity index is 1320. The minimum atomic E-state index is -0.166. The summed E-state index contributed by atoms with van der Waals surface area (Å²) in [6.45, 7) is 6.01. The predicted molar refractivity (Wildman–Crippen MR) is 127 cm³/mol. The summed E-state index contributed by atoms with van der Waals surface area (Å²) in [6.07, 6.45) is 1.80. The summed E-state index contributed by atoms with van der Waals surface area (Å²) in [5.41, 5.74) is 6.81. The Morgan fingerprint density at radius 1 is 1.13 bits per heavy atom. The molecule has 158 valence electrons. The molecular formula is C24H24N4O2S. The quantitative estimate of drug-likeness (QED) is 0.357. The molecule has 0 aliphatic heterocycles. The molecule has 4 aromatic rings. The zero-order valence-corrected chi connectivity index (χ0v) is 18.8. The minimum absolute atomic E-state index is 0.133. The molecule has 0 saturated heterocycles. The van der Waals surface area contributed by atoms with Crippen LogP contribution in [-0.4, -0.2) is 26.2 Å². The summed E-state index contributed by atoms with van der Waals surface area (Å²) in [5, 5.41) is 3.50. The fourth-order valence-electron chi connectivity index (χ4n) is 3.77. The molecule has 7 heteroatoms. The van der Waals surface area contributed by atoms with Gasteiger partial charge >= 0.3 is 0 Å². The molecule has 0 radical (unpaired) electrons. The van der Waals surface area contributed by atoms with Crippen molar-refractivity contribution in [2.24, 2.45) is 7.05 Å². The van der Waals surface area contributed by atoms with Crippen LogP contribution in [0.1, 0.15) is 16.7 Å². The highest BCUT2D eigenvalue weighted by Crippen LogP contribution is 2.28. The van der Waals surface area contributed by atoms with Gasteiger partial charge in [0.2, 0.25) is 5.91 Å². The van der Waals surface area contributed by atoms with E-state index in [0.29, 0.717) is 16.2 Å². The van der Waals surface area contributed by atoms with E-state index >= 15 is 0 Å². The van der Waals surface area contributed by atoms with Crippen LogP contribution in [0, 0.1) is 20.8 Å². The van der Waals surface area contributed by atoms with Gasteiger partial charge in [0.05, 0.1) is 5.75 Å². The number of carbonyl (C=O) groups excluding carboxylic acids is 1. The number of nitrogens with one attached hydrogen (secondary N) is 2. The van der Waals surface area contributed by atoms with Crippen LogP contribution in [0.2, 0.25) is 0 Å². The number of hydrogen-bond donors (Lipinski definition) is 2. The number of benzene rings is 2. The van der Waals surface area contributed by atoms with Crippen LogP contribution in [0.5, 0.6) is 0 Å². The molecule has 0 bridgehead atoms. The lowest BCUT2D eigenvalue weighted by Crippen LogP contribution is -2.21. The summed E-state index contributed by atoms with van der Waals surface area (Å²) >= 11 is 1.25. The molecular weight excluding hydrogens is 408 g/mol. The van der Waals surface area contributed by atoms with Crippen molar-refractivity contribution in [3.8, 4) is 11.1 Å². The van der Waals surface area contributed by atoms with E-state index in [9.17, 15) is 9.59 Å². The molecule has 1 amide bonds. The zero-order chi connectivity index (χ0) is 22.1. The van der Waals surface area contributed by atoms with E-state index in [4.69, 9.17) is 4.98 Å². The van der Waals surface area contributed by atoms with E-state index in [2.05, 4.69) is 10.3 Å². The molecule has 0 atom stereocenters. The van der Waals surface area contributed by atoms with Crippen molar-refractivity contribution in [2.75, 3.05) is 11.1 Å². The van der Waals surface area contributed by atoms with Crippen molar-refractivity contribution in [3.05, 3.63) is 75.7 Å². The fraction of sp³-hybridized carbons (Fsp3) is 0.208. The van der Waals surface area contributed by atoms with Gasteiger partial charge in [-0.1, -0.05) is 59.8 Å². The fourth-order valence-corrected chi connectivity index (χ4v) is 4.53. The first-order valence-corrected chi connectivity index (χ1v) is 11.0. The lowest BCUT2D eigenvalue weighted by Gasteiger charge is -2.13. The molecule has 0 saturated carbocycles. The van der Waals surface area contributed by atoms with E-state index in [1.165, 1.54) is 16.3 Å². The zero-order valence-electron chi connectivity index (χ0n) is 17.9. The number of aryl methyl sites for hydroxylation is 3. The highest BCUT2D eigenvalue weighted by atomic mass is 32.2. The number of carbonyl (C=O) groups is 1. The second-order valence-corrected chi connectivity index (χ2v) is 8.60. The first kappa shape index (κ1) is 20.9. The molecule has 0 fully saturated rings. The maximum atomic E-state index is 12.8. The van der Waals surface area contributed by atoms with Crippen LogP contribution in [0.25, 0.3) is 22.2 Å². The number of H-pyrrole nitrogens is 1. The number of hydrogen-bond acceptors (Lipinski definition) is 4. The molecule has 31 heavy (non-hydrogen) atoms. The largest absolute Gasteiger partial charge is 0.355 e. The summed E-state index contributed by atoms with van der Waals surface area (Å²) < 4.78 is 1.48. The van der Waals surface area contributed by atoms with Crippen LogP contribution in [0.15, 0.2) is 58.6 Å². The molecule has 2 N–H and O–H groups in total. The Balaban J connectivity index is 1.59. The van der Waals surface area contributed by atoms with E-state index < -0.39 is 0 Å². The van der Waals surface area contributed by atoms with Crippen LogP contribution >= 0.6 is 11.8 Å². The van der Waals surface area contributed by atoms with Gasteiger partial charge in [0.1, 0.15) is 11.0 Å².